The lowest BCUT2D eigenvalue weighted by molar-refractivity contribution is -0.0381. The third-order valence-corrected chi connectivity index (χ3v) is 2.52. The smallest absolute Gasteiger partial charge is 0.155 e. The molecule has 0 bridgehead atoms. The second kappa shape index (κ2) is 3.59. The molecule has 76 valence electrons. The molecule has 1 aliphatic rings. The highest BCUT2D eigenvalue weighted by molar-refractivity contribution is 5.57. The van der Waals surface area contributed by atoms with Crippen LogP contribution in [0.1, 0.15) is 18.1 Å². The molecule has 1 aromatic carbocycles. The first-order valence-electron chi connectivity index (χ1n) is 4.89. The predicted molar refractivity (Wildman–Crippen MR) is 55.2 cm³/mol. The summed E-state index contributed by atoms with van der Waals surface area (Å²) in [6.45, 7) is 2.14. The van der Waals surface area contributed by atoms with Crippen molar-refractivity contribution in [1.82, 2.24) is 0 Å². The standard InChI is InChI=1S/C11H15NO2/c1-7-4-9-5-8(6-11(13)14)2-3-10(9)12-7/h2-3,5,7,11-14H,4,6H2,1H3. The van der Waals surface area contributed by atoms with Crippen molar-refractivity contribution in [1.29, 1.82) is 0 Å². The summed E-state index contributed by atoms with van der Waals surface area (Å²) in [4.78, 5) is 0. The van der Waals surface area contributed by atoms with Gasteiger partial charge in [-0.05, 0) is 30.5 Å². The molecule has 0 spiro atoms. The number of nitrogens with one attached hydrogen (secondary N) is 1. The van der Waals surface area contributed by atoms with E-state index in [-0.39, 0.29) is 0 Å². The summed E-state index contributed by atoms with van der Waals surface area (Å²) in [7, 11) is 0. The Morgan fingerprint density at radius 1 is 1.50 bits per heavy atom. The lowest BCUT2D eigenvalue weighted by Crippen LogP contribution is -2.08. The number of benzene rings is 1. The molecule has 0 saturated carbocycles. The Balaban J connectivity index is 2.20. The molecule has 0 amide bonds. The van der Waals surface area contributed by atoms with Gasteiger partial charge in [-0.3, -0.25) is 0 Å². The molecule has 1 aliphatic heterocycles. The topological polar surface area (TPSA) is 52.5 Å². The SMILES string of the molecule is CC1Cc2cc(CC(O)O)ccc2N1. The number of hydrogen-bond donors (Lipinski definition) is 3. The third-order valence-electron chi connectivity index (χ3n) is 2.52. The van der Waals surface area contributed by atoms with Crippen molar-refractivity contribution in [3.63, 3.8) is 0 Å². The predicted octanol–water partition coefficient (Wildman–Crippen LogP) is 0.896. The van der Waals surface area contributed by atoms with Gasteiger partial charge < -0.3 is 15.5 Å². The molecule has 0 fully saturated rings. The van der Waals surface area contributed by atoms with E-state index >= 15 is 0 Å². The van der Waals surface area contributed by atoms with Crippen LogP contribution in [0.3, 0.4) is 0 Å². The Bertz CT molecular complexity index is 336. The van der Waals surface area contributed by atoms with Crippen LogP contribution in [0, 0.1) is 0 Å². The fraction of sp³-hybridized carbons (Fsp3) is 0.455. The fourth-order valence-electron chi connectivity index (χ4n) is 1.94. The van der Waals surface area contributed by atoms with Gasteiger partial charge in [-0.2, -0.15) is 0 Å². The van der Waals surface area contributed by atoms with Crippen LogP contribution in [0.25, 0.3) is 0 Å². The molecule has 2 rings (SSSR count). The summed E-state index contributed by atoms with van der Waals surface area (Å²) >= 11 is 0. The van der Waals surface area contributed by atoms with Crippen LogP contribution in [0.2, 0.25) is 0 Å². The normalized spacial score (nSPS) is 19.6. The zero-order valence-electron chi connectivity index (χ0n) is 8.20. The average molecular weight is 193 g/mol. The van der Waals surface area contributed by atoms with E-state index in [1.54, 1.807) is 0 Å². The zero-order chi connectivity index (χ0) is 10.1. The molecule has 0 radical (unpaired) electrons. The molecular formula is C11H15NO2. The molecule has 1 aromatic rings. The van der Waals surface area contributed by atoms with E-state index in [2.05, 4.69) is 12.2 Å². The van der Waals surface area contributed by atoms with E-state index in [4.69, 9.17) is 10.2 Å². The average Bonchev–Trinajstić information content (AvgIpc) is 2.42. The summed E-state index contributed by atoms with van der Waals surface area (Å²) in [6, 6.07) is 6.48. The molecule has 0 aromatic heterocycles. The molecular weight excluding hydrogens is 178 g/mol. The minimum absolute atomic E-state index is 0.307. The Kier molecular flexibility index (Phi) is 2.44. The van der Waals surface area contributed by atoms with Crippen LogP contribution in [0.15, 0.2) is 18.2 Å². The molecule has 1 atom stereocenters. The Labute approximate surface area is 83.4 Å². The third kappa shape index (κ3) is 1.89. The Hall–Kier alpha value is -1.06. The summed E-state index contributed by atoms with van der Waals surface area (Å²) < 4.78 is 0. The summed E-state index contributed by atoms with van der Waals surface area (Å²) in [5.41, 5.74) is 3.43. The molecule has 3 N–H and O–H groups in total. The maximum absolute atomic E-state index is 8.85. The van der Waals surface area contributed by atoms with Crippen LogP contribution in [-0.4, -0.2) is 22.5 Å². The van der Waals surface area contributed by atoms with Crippen molar-refractivity contribution in [2.75, 3.05) is 5.32 Å². The van der Waals surface area contributed by atoms with Crippen molar-refractivity contribution in [2.45, 2.75) is 32.1 Å². The van der Waals surface area contributed by atoms with Crippen molar-refractivity contribution in [3.05, 3.63) is 29.3 Å². The first-order valence-corrected chi connectivity index (χ1v) is 4.89. The van der Waals surface area contributed by atoms with Gasteiger partial charge in [-0.25, -0.2) is 0 Å². The van der Waals surface area contributed by atoms with Gasteiger partial charge in [-0.1, -0.05) is 12.1 Å². The number of aliphatic hydroxyl groups is 2. The summed E-state index contributed by atoms with van der Waals surface area (Å²) in [5.74, 6) is 0. The minimum atomic E-state index is -1.25. The van der Waals surface area contributed by atoms with Gasteiger partial charge >= 0.3 is 0 Å². The van der Waals surface area contributed by atoms with Gasteiger partial charge in [0.1, 0.15) is 0 Å². The molecule has 3 heteroatoms. The number of fused-ring (bicyclic) bond motifs is 1. The van der Waals surface area contributed by atoms with Crippen molar-refractivity contribution in [2.24, 2.45) is 0 Å². The molecule has 14 heavy (non-hydrogen) atoms. The largest absolute Gasteiger partial charge is 0.382 e. The van der Waals surface area contributed by atoms with Crippen LogP contribution < -0.4 is 5.32 Å². The van der Waals surface area contributed by atoms with Gasteiger partial charge in [0.2, 0.25) is 0 Å². The van der Waals surface area contributed by atoms with Crippen LogP contribution in [0.4, 0.5) is 5.69 Å². The van der Waals surface area contributed by atoms with E-state index < -0.39 is 6.29 Å². The monoisotopic (exact) mass is 193 g/mol. The minimum Gasteiger partial charge on any atom is -0.382 e. The van der Waals surface area contributed by atoms with Crippen LogP contribution in [0.5, 0.6) is 0 Å². The molecule has 1 heterocycles. The van der Waals surface area contributed by atoms with Gasteiger partial charge in [0.05, 0.1) is 0 Å². The van der Waals surface area contributed by atoms with Crippen molar-refractivity contribution >= 4 is 5.69 Å². The summed E-state index contributed by atoms with van der Waals surface area (Å²) in [6.07, 6.45) is 0.0756. The highest BCUT2D eigenvalue weighted by Crippen LogP contribution is 2.26. The van der Waals surface area contributed by atoms with Gasteiger partial charge in [-0.15, -0.1) is 0 Å². The fourth-order valence-corrected chi connectivity index (χ4v) is 1.94. The maximum atomic E-state index is 8.85. The number of rotatable bonds is 2. The molecule has 1 unspecified atom stereocenters. The van der Waals surface area contributed by atoms with E-state index in [9.17, 15) is 0 Å². The van der Waals surface area contributed by atoms with E-state index in [1.807, 2.05) is 18.2 Å². The highest BCUT2D eigenvalue weighted by atomic mass is 16.5. The second-order valence-corrected chi connectivity index (χ2v) is 3.93. The van der Waals surface area contributed by atoms with Crippen LogP contribution in [-0.2, 0) is 12.8 Å². The number of hydrogen-bond acceptors (Lipinski definition) is 3. The van der Waals surface area contributed by atoms with E-state index in [0.717, 1.165) is 12.0 Å². The van der Waals surface area contributed by atoms with Gasteiger partial charge in [0.25, 0.3) is 0 Å². The van der Waals surface area contributed by atoms with Crippen molar-refractivity contribution < 1.29 is 10.2 Å². The molecule has 0 saturated heterocycles. The second-order valence-electron chi connectivity index (χ2n) is 3.93. The van der Waals surface area contributed by atoms with Gasteiger partial charge in [0.15, 0.2) is 6.29 Å². The Morgan fingerprint density at radius 3 is 3.00 bits per heavy atom. The van der Waals surface area contributed by atoms with E-state index in [0.29, 0.717) is 12.5 Å². The van der Waals surface area contributed by atoms with E-state index in [1.165, 1.54) is 11.3 Å². The summed E-state index contributed by atoms with van der Waals surface area (Å²) in [5, 5.41) is 21.0. The Morgan fingerprint density at radius 2 is 2.29 bits per heavy atom. The maximum Gasteiger partial charge on any atom is 0.155 e. The van der Waals surface area contributed by atoms with Crippen molar-refractivity contribution in [3.8, 4) is 0 Å². The lowest BCUT2D eigenvalue weighted by Gasteiger charge is -2.06. The molecule has 3 nitrogen and oxygen atoms in total. The molecule has 0 aliphatic carbocycles. The number of anilines is 1. The van der Waals surface area contributed by atoms with Crippen LogP contribution >= 0.6 is 0 Å². The zero-order valence-corrected chi connectivity index (χ0v) is 8.20. The number of aliphatic hydroxyl groups excluding tert-OH is 1. The first-order chi connectivity index (χ1) is 6.65. The quantitative estimate of drug-likeness (QED) is 0.612. The van der Waals surface area contributed by atoms with Gasteiger partial charge in [0, 0.05) is 18.2 Å². The lowest BCUT2D eigenvalue weighted by atomic mass is 10.0. The highest BCUT2D eigenvalue weighted by Gasteiger charge is 2.16. The first kappa shape index (κ1) is 9.49.